The molecule has 1 N–H and O–H groups in total. The van der Waals surface area contributed by atoms with Crippen LogP contribution in [0, 0.1) is 0 Å². The number of halogens is 1. The maximum atomic E-state index is 6.32. The Labute approximate surface area is 124 Å². The van der Waals surface area contributed by atoms with Crippen molar-refractivity contribution in [1.82, 2.24) is 29.5 Å². The molecular weight excluding hydrogens is 276 g/mol. The third kappa shape index (κ3) is 3.20. The zero-order valence-corrected chi connectivity index (χ0v) is 13.1. The minimum Gasteiger partial charge on any atom is -0.340 e. The number of hydrogen-bond acceptors (Lipinski definition) is 4. The zero-order valence-electron chi connectivity index (χ0n) is 12.3. The molecule has 0 fully saturated rings. The Hall–Kier alpha value is -1.37. The molecule has 2 aromatic rings. The Morgan fingerprint density at radius 1 is 1.45 bits per heavy atom. The van der Waals surface area contributed by atoms with Crippen molar-refractivity contribution in [1.29, 1.82) is 0 Å². The first-order chi connectivity index (χ1) is 9.52. The summed E-state index contributed by atoms with van der Waals surface area (Å²) >= 11 is 6.32. The van der Waals surface area contributed by atoms with E-state index in [4.69, 9.17) is 11.6 Å². The summed E-state index contributed by atoms with van der Waals surface area (Å²) in [7, 11) is 7.94. The number of nitrogens with one attached hydrogen (secondary N) is 1. The van der Waals surface area contributed by atoms with Crippen molar-refractivity contribution in [3.8, 4) is 0 Å². The smallest absolute Gasteiger partial charge is 0.0950 e. The van der Waals surface area contributed by atoms with E-state index < -0.39 is 0 Å². The van der Waals surface area contributed by atoms with E-state index in [0.717, 1.165) is 24.5 Å². The van der Waals surface area contributed by atoms with Crippen LogP contribution >= 0.6 is 11.6 Å². The first kappa shape index (κ1) is 15.0. The van der Waals surface area contributed by atoms with Gasteiger partial charge in [0.05, 0.1) is 41.5 Å². The van der Waals surface area contributed by atoms with Gasteiger partial charge in [-0.25, -0.2) is 4.98 Å². The summed E-state index contributed by atoms with van der Waals surface area (Å²) in [5.74, 6) is 0. The lowest BCUT2D eigenvalue weighted by Gasteiger charge is -2.18. The molecule has 110 valence electrons. The fourth-order valence-electron chi connectivity index (χ4n) is 2.14. The summed E-state index contributed by atoms with van der Waals surface area (Å²) in [4.78, 5) is 6.53. The first-order valence-electron chi connectivity index (χ1n) is 6.54. The van der Waals surface area contributed by atoms with Crippen molar-refractivity contribution < 1.29 is 0 Å². The van der Waals surface area contributed by atoms with Crippen molar-refractivity contribution in [2.45, 2.75) is 12.6 Å². The highest BCUT2D eigenvalue weighted by Gasteiger charge is 2.22. The Morgan fingerprint density at radius 2 is 2.20 bits per heavy atom. The highest BCUT2D eigenvalue weighted by Crippen LogP contribution is 2.27. The minimum absolute atomic E-state index is 0.0617. The number of aromatic nitrogens is 4. The fourth-order valence-corrected chi connectivity index (χ4v) is 2.39. The molecule has 0 aliphatic rings. The molecule has 7 heteroatoms. The highest BCUT2D eigenvalue weighted by atomic mass is 35.5. The summed E-state index contributed by atoms with van der Waals surface area (Å²) in [6.07, 6.45) is 5.47. The largest absolute Gasteiger partial charge is 0.340 e. The van der Waals surface area contributed by atoms with Gasteiger partial charge in [-0.1, -0.05) is 11.6 Å². The predicted octanol–water partition coefficient (Wildman–Crippen LogP) is 1.14. The maximum absolute atomic E-state index is 6.32. The predicted molar refractivity (Wildman–Crippen MR) is 79.9 cm³/mol. The fraction of sp³-hybridized carbons (Fsp3) is 0.538. The second kappa shape index (κ2) is 6.39. The molecule has 0 amide bonds. The number of imidazole rings is 1. The molecular formula is C13H21ClN6. The number of hydrogen-bond donors (Lipinski definition) is 1. The van der Waals surface area contributed by atoms with Crippen LogP contribution in [-0.4, -0.2) is 51.9 Å². The van der Waals surface area contributed by atoms with Crippen LogP contribution in [0.25, 0.3) is 0 Å². The van der Waals surface area contributed by atoms with Crippen LogP contribution < -0.4 is 5.32 Å². The van der Waals surface area contributed by atoms with Gasteiger partial charge >= 0.3 is 0 Å². The van der Waals surface area contributed by atoms with Gasteiger partial charge in [-0.3, -0.25) is 4.68 Å². The lowest BCUT2D eigenvalue weighted by atomic mass is 10.1. The van der Waals surface area contributed by atoms with Crippen molar-refractivity contribution in [3.05, 3.63) is 35.1 Å². The third-order valence-corrected chi connectivity index (χ3v) is 3.47. The van der Waals surface area contributed by atoms with Crippen molar-refractivity contribution in [3.63, 3.8) is 0 Å². The monoisotopic (exact) mass is 296 g/mol. The molecule has 0 aliphatic heterocycles. The summed E-state index contributed by atoms with van der Waals surface area (Å²) in [5.41, 5.74) is 1.89. The molecule has 0 aliphatic carbocycles. The SMILES string of the molecule is CNC(c1cn(C)cn1)c1c(Cl)cnn1CCN(C)C. The van der Waals surface area contributed by atoms with E-state index in [2.05, 4.69) is 20.3 Å². The second-order valence-electron chi connectivity index (χ2n) is 5.09. The van der Waals surface area contributed by atoms with E-state index in [0.29, 0.717) is 5.02 Å². The first-order valence-corrected chi connectivity index (χ1v) is 6.91. The summed E-state index contributed by atoms with van der Waals surface area (Å²) < 4.78 is 3.87. The molecule has 2 aromatic heterocycles. The number of nitrogens with zero attached hydrogens (tertiary/aromatic N) is 5. The molecule has 0 aromatic carbocycles. The third-order valence-electron chi connectivity index (χ3n) is 3.17. The molecule has 0 saturated carbocycles. The molecule has 1 atom stereocenters. The standard InChI is InChI=1S/C13H21ClN6/c1-15-12(11-8-19(4)9-16-11)13-10(14)7-17-20(13)6-5-18(2)3/h7-9,12,15H,5-6H2,1-4H3. The number of likely N-dealkylation sites (N-methyl/N-ethyl adjacent to an activating group) is 1. The molecule has 2 rings (SSSR count). The summed E-state index contributed by atoms with van der Waals surface area (Å²) in [6.45, 7) is 1.70. The van der Waals surface area contributed by atoms with Crippen LogP contribution in [0.2, 0.25) is 5.02 Å². The quantitative estimate of drug-likeness (QED) is 0.868. The molecule has 6 nitrogen and oxygen atoms in total. The van der Waals surface area contributed by atoms with E-state index in [1.807, 2.05) is 43.6 Å². The Morgan fingerprint density at radius 3 is 2.75 bits per heavy atom. The van der Waals surface area contributed by atoms with Crippen molar-refractivity contribution in [2.75, 3.05) is 27.7 Å². The average Bonchev–Trinajstić information content (AvgIpc) is 2.97. The summed E-state index contributed by atoms with van der Waals surface area (Å²) in [6, 6.07) is -0.0617. The van der Waals surface area contributed by atoms with E-state index in [1.165, 1.54) is 0 Å². The van der Waals surface area contributed by atoms with Gasteiger partial charge in [0.25, 0.3) is 0 Å². The summed E-state index contributed by atoms with van der Waals surface area (Å²) in [5, 5.41) is 8.30. The molecule has 0 radical (unpaired) electrons. The Bertz CT molecular complexity index is 559. The lowest BCUT2D eigenvalue weighted by Crippen LogP contribution is -2.25. The van der Waals surface area contributed by atoms with Crippen LogP contribution in [0.3, 0.4) is 0 Å². The topological polar surface area (TPSA) is 50.9 Å². The Balaban J connectivity index is 2.31. The normalized spacial score (nSPS) is 13.1. The van der Waals surface area contributed by atoms with E-state index in [9.17, 15) is 0 Å². The van der Waals surface area contributed by atoms with Crippen LogP contribution in [0.1, 0.15) is 17.4 Å². The van der Waals surface area contributed by atoms with Crippen molar-refractivity contribution in [2.24, 2.45) is 7.05 Å². The van der Waals surface area contributed by atoms with Gasteiger partial charge < -0.3 is 14.8 Å². The van der Waals surface area contributed by atoms with Crippen molar-refractivity contribution >= 4 is 11.6 Å². The van der Waals surface area contributed by atoms with Crippen LogP contribution in [0.4, 0.5) is 0 Å². The molecule has 0 bridgehead atoms. The molecule has 20 heavy (non-hydrogen) atoms. The number of rotatable bonds is 6. The van der Waals surface area contributed by atoms with Gasteiger partial charge in [0.1, 0.15) is 0 Å². The van der Waals surface area contributed by atoms with Gasteiger partial charge in [-0.15, -0.1) is 0 Å². The molecule has 1 unspecified atom stereocenters. The molecule has 0 spiro atoms. The van der Waals surface area contributed by atoms with Crippen LogP contribution in [0.15, 0.2) is 18.7 Å². The van der Waals surface area contributed by atoms with Gasteiger partial charge in [0.2, 0.25) is 0 Å². The zero-order chi connectivity index (χ0) is 14.7. The van der Waals surface area contributed by atoms with Crippen LogP contribution in [-0.2, 0) is 13.6 Å². The Kier molecular flexibility index (Phi) is 4.80. The van der Waals surface area contributed by atoms with Crippen LogP contribution in [0.5, 0.6) is 0 Å². The number of aryl methyl sites for hydroxylation is 1. The molecule has 0 saturated heterocycles. The van der Waals surface area contributed by atoms with Gasteiger partial charge in [-0.05, 0) is 21.1 Å². The molecule has 2 heterocycles. The minimum atomic E-state index is -0.0617. The van der Waals surface area contributed by atoms with E-state index in [1.54, 1.807) is 12.5 Å². The van der Waals surface area contributed by atoms with E-state index in [-0.39, 0.29) is 6.04 Å². The van der Waals surface area contributed by atoms with Gasteiger partial charge in [-0.2, -0.15) is 5.10 Å². The second-order valence-corrected chi connectivity index (χ2v) is 5.50. The van der Waals surface area contributed by atoms with Gasteiger partial charge in [0.15, 0.2) is 0 Å². The average molecular weight is 297 g/mol. The lowest BCUT2D eigenvalue weighted by molar-refractivity contribution is 0.366. The highest BCUT2D eigenvalue weighted by molar-refractivity contribution is 6.31. The maximum Gasteiger partial charge on any atom is 0.0950 e. The van der Waals surface area contributed by atoms with Gasteiger partial charge in [0, 0.05) is 19.8 Å². The van der Waals surface area contributed by atoms with E-state index >= 15 is 0 Å².